The van der Waals surface area contributed by atoms with Gasteiger partial charge < -0.3 is 10.2 Å². The summed E-state index contributed by atoms with van der Waals surface area (Å²) in [6.45, 7) is 7.01. The first-order valence-corrected chi connectivity index (χ1v) is 5.60. The van der Waals surface area contributed by atoms with Gasteiger partial charge in [-0.25, -0.2) is 0 Å². The molecule has 0 aliphatic carbocycles. The van der Waals surface area contributed by atoms with Gasteiger partial charge in [0.2, 0.25) is 5.91 Å². The van der Waals surface area contributed by atoms with E-state index in [4.69, 9.17) is 0 Å². The van der Waals surface area contributed by atoms with Crippen LogP contribution in [0.25, 0.3) is 0 Å². The molecule has 0 bridgehead atoms. The number of hydrogen-bond acceptors (Lipinski definition) is 2. The lowest BCUT2D eigenvalue weighted by atomic mass is 9.77. The van der Waals surface area contributed by atoms with Gasteiger partial charge in [-0.15, -0.1) is 0 Å². The lowest BCUT2D eigenvalue weighted by Gasteiger charge is -2.38. The van der Waals surface area contributed by atoms with E-state index in [1.165, 1.54) is 19.3 Å². The van der Waals surface area contributed by atoms with Crippen LogP contribution < -0.4 is 5.32 Å². The first-order chi connectivity index (χ1) is 6.61. The Hall–Kier alpha value is -0.570. The van der Waals surface area contributed by atoms with E-state index in [0.29, 0.717) is 11.5 Å². The van der Waals surface area contributed by atoms with Crippen LogP contribution in [-0.4, -0.2) is 36.5 Å². The summed E-state index contributed by atoms with van der Waals surface area (Å²) in [6.07, 6.45) is 3.66. The molecular weight excluding hydrogens is 176 g/mol. The molecule has 0 aromatic rings. The van der Waals surface area contributed by atoms with E-state index in [9.17, 15) is 4.79 Å². The number of piperidine rings is 1. The van der Waals surface area contributed by atoms with Gasteiger partial charge in [-0.2, -0.15) is 0 Å². The van der Waals surface area contributed by atoms with Crippen LogP contribution >= 0.6 is 0 Å². The van der Waals surface area contributed by atoms with Crippen molar-refractivity contribution in [3.8, 4) is 0 Å². The predicted octanol–water partition coefficient (Wildman–Crippen LogP) is 0.997. The Morgan fingerprint density at radius 3 is 2.50 bits per heavy atom. The van der Waals surface area contributed by atoms with Gasteiger partial charge >= 0.3 is 0 Å². The van der Waals surface area contributed by atoms with Crippen LogP contribution in [0.2, 0.25) is 0 Å². The highest BCUT2D eigenvalue weighted by atomic mass is 16.2. The van der Waals surface area contributed by atoms with Crippen molar-refractivity contribution in [1.82, 2.24) is 10.2 Å². The Labute approximate surface area is 85.8 Å². The van der Waals surface area contributed by atoms with Crippen molar-refractivity contribution in [3.05, 3.63) is 0 Å². The number of likely N-dealkylation sites (tertiary alicyclic amines) is 1. The van der Waals surface area contributed by atoms with Crippen molar-refractivity contribution < 1.29 is 4.79 Å². The third kappa shape index (κ3) is 1.78. The minimum absolute atomic E-state index is 0.235. The summed E-state index contributed by atoms with van der Waals surface area (Å²) >= 11 is 0. The van der Waals surface area contributed by atoms with E-state index >= 15 is 0 Å². The number of rotatable bonds is 0. The highest BCUT2D eigenvalue weighted by molar-refractivity contribution is 5.73. The zero-order valence-electron chi connectivity index (χ0n) is 9.18. The average Bonchev–Trinajstić information content (AvgIpc) is 2.48. The zero-order chi connectivity index (χ0) is 10.2. The highest BCUT2D eigenvalue weighted by Gasteiger charge is 2.40. The number of nitrogens with one attached hydrogen (secondary N) is 1. The molecule has 2 rings (SSSR count). The molecule has 3 nitrogen and oxygen atoms in total. The van der Waals surface area contributed by atoms with Crippen molar-refractivity contribution in [2.75, 3.05) is 19.6 Å². The summed E-state index contributed by atoms with van der Waals surface area (Å²) in [6, 6.07) is 0.666. The highest BCUT2D eigenvalue weighted by Crippen LogP contribution is 2.38. The van der Waals surface area contributed by atoms with Crippen LogP contribution in [0.3, 0.4) is 0 Å². The molecule has 14 heavy (non-hydrogen) atoms. The summed E-state index contributed by atoms with van der Waals surface area (Å²) < 4.78 is 0. The molecule has 0 aromatic heterocycles. The van der Waals surface area contributed by atoms with Crippen LogP contribution in [0.5, 0.6) is 0 Å². The fourth-order valence-corrected chi connectivity index (χ4v) is 2.86. The molecule has 2 heterocycles. The van der Waals surface area contributed by atoms with Crippen molar-refractivity contribution in [2.45, 2.75) is 39.2 Å². The molecule has 1 amide bonds. The second-order valence-electron chi connectivity index (χ2n) is 4.99. The lowest BCUT2D eigenvalue weighted by molar-refractivity contribution is -0.130. The molecule has 1 spiro atoms. The molecule has 2 aliphatic rings. The quantitative estimate of drug-likeness (QED) is 0.627. The monoisotopic (exact) mass is 196 g/mol. The van der Waals surface area contributed by atoms with E-state index in [-0.39, 0.29) is 5.91 Å². The van der Waals surface area contributed by atoms with E-state index in [2.05, 4.69) is 12.2 Å². The first-order valence-electron chi connectivity index (χ1n) is 5.60. The third-order valence-electron chi connectivity index (χ3n) is 3.83. The van der Waals surface area contributed by atoms with Gasteiger partial charge in [-0.3, -0.25) is 4.79 Å². The van der Waals surface area contributed by atoms with Crippen LogP contribution in [0.4, 0.5) is 0 Å². The van der Waals surface area contributed by atoms with Crippen molar-refractivity contribution in [1.29, 1.82) is 0 Å². The van der Waals surface area contributed by atoms with Gasteiger partial charge in [-0.1, -0.05) is 0 Å². The van der Waals surface area contributed by atoms with E-state index < -0.39 is 0 Å². The number of nitrogens with zero attached hydrogens (tertiary/aromatic N) is 1. The first kappa shape index (κ1) is 9.97. The third-order valence-corrected chi connectivity index (χ3v) is 3.83. The second-order valence-corrected chi connectivity index (χ2v) is 4.99. The summed E-state index contributed by atoms with van der Waals surface area (Å²) in [7, 11) is 0. The van der Waals surface area contributed by atoms with Crippen molar-refractivity contribution >= 4 is 5.91 Å². The molecule has 2 saturated heterocycles. The summed E-state index contributed by atoms with van der Waals surface area (Å²) in [4.78, 5) is 13.2. The number of hydrogen-bond donors (Lipinski definition) is 1. The van der Waals surface area contributed by atoms with Gasteiger partial charge in [0, 0.05) is 32.6 Å². The SMILES string of the molecule is CC(=O)N1CCC2(CC1)CN[C@H](C)C2. The molecule has 0 radical (unpaired) electrons. The maximum Gasteiger partial charge on any atom is 0.219 e. The Kier molecular flexibility index (Phi) is 2.52. The molecule has 3 heteroatoms. The number of carbonyl (C=O) groups is 1. The van der Waals surface area contributed by atoms with Gasteiger partial charge in [0.15, 0.2) is 0 Å². The molecule has 0 aromatic carbocycles. The van der Waals surface area contributed by atoms with Gasteiger partial charge in [0.05, 0.1) is 0 Å². The summed E-state index contributed by atoms with van der Waals surface area (Å²) in [5, 5.41) is 3.52. The normalized spacial score (nSPS) is 31.0. The fourth-order valence-electron chi connectivity index (χ4n) is 2.86. The van der Waals surface area contributed by atoms with E-state index in [1.807, 2.05) is 4.90 Å². The Morgan fingerprint density at radius 1 is 1.43 bits per heavy atom. The molecular formula is C11H20N2O. The molecule has 0 unspecified atom stereocenters. The van der Waals surface area contributed by atoms with Crippen LogP contribution in [-0.2, 0) is 4.79 Å². The van der Waals surface area contributed by atoms with E-state index in [1.54, 1.807) is 6.92 Å². The minimum Gasteiger partial charge on any atom is -0.343 e. The largest absolute Gasteiger partial charge is 0.343 e. The standard InChI is InChI=1S/C11H20N2O/c1-9-7-11(8-12-9)3-5-13(6-4-11)10(2)14/h9,12H,3-8H2,1-2H3/t9-/m1/s1. The molecule has 80 valence electrons. The minimum atomic E-state index is 0.235. The van der Waals surface area contributed by atoms with Crippen LogP contribution in [0.15, 0.2) is 0 Å². The van der Waals surface area contributed by atoms with Crippen molar-refractivity contribution in [2.24, 2.45) is 5.41 Å². The maximum atomic E-state index is 11.2. The lowest BCUT2D eigenvalue weighted by Crippen LogP contribution is -2.43. The smallest absolute Gasteiger partial charge is 0.219 e. The van der Waals surface area contributed by atoms with E-state index in [0.717, 1.165) is 19.6 Å². The summed E-state index contributed by atoms with van der Waals surface area (Å²) in [5.74, 6) is 0.235. The van der Waals surface area contributed by atoms with Gasteiger partial charge in [0.1, 0.15) is 0 Å². The van der Waals surface area contributed by atoms with Gasteiger partial charge in [-0.05, 0) is 31.6 Å². The Morgan fingerprint density at radius 2 is 2.07 bits per heavy atom. The number of amides is 1. The number of carbonyl (C=O) groups excluding carboxylic acids is 1. The van der Waals surface area contributed by atoms with Gasteiger partial charge in [0.25, 0.3) is 0 Å². The Balaban J connectivity index is 1.92. The zero-order valence-corrected chi connectivity index (χ0v) is 9.18. The van der Waals surface area contributed by atoms with Crippen molar-refractivity contribution in [3.63, 3.8) is 0 Å². The molecule has 2 fully saturated rings. The Bertz CT molecular complexity index is 231. The van der Waals surface area contributed by atoms with Crippen LogP contribution in [0.1, 0.15) is 33.1 Å². The van der Waals surface area contributed by atoms with Crippen LogP contribution in [0, 0.1) is 5.41 Å². The summed E-state index contributed by atoms with van der Waals surface area (Å²) in [5.41, 5.74) is 0.505. The predicted molar refractivity (Wildman–Crippen MR) is 56.0 cm³/mol. The topological polar surface area (TPSA) is 32.3 Å². The molecule has 0 saturated carbocycles. The fraction of sp³-hybridized carbons (Fsp3) is 0.909. The molecule has 1 N–H and O–H groups in total. The second kappa shape index (κ2) is 3.54. The maximum absolute atomic E-state index is 11.2. The average molecular weight is 196 g/mol. The molecule has 1 atom stereocenters. The molecule has 2 aliphatic heterocycles.